The number of hydrogen-bond acceptors (Lipinski definition) is 4. The van der Waals surface area contributed by atoms with E-state index < -0.39 is 17.2 Å². The molecule has 2 heterocycles. The second kappa shape index (κ2) is 7.67. The highest BCUT2D eigenvalue weighted by Crippen LogP contribution is 2.20. The maximum absolute atomic E-state index is 12.7. The Morgan fingerprint density at radius 2 is 1.80 bits per heavy atom. The van der Waals surface area contributed by atoms with E-state index in [2.05, 4.69) is 9.97 Å². The molecule has 0 aliphatic heterocycles. The van der Waals surface area contributed by atoms with Crippen LogP contribution in [-0.4, -0.2) is 30.2 Å². The minimum atomic E-state index is -1.02. The molecule has 0 saturated heterocycles. The molecule has 0 fully saturated rings. The van der Waals surface area contributed by atoms with Gasteiger partial charge in [-0.15, -0.1) is 0 Å². The van der Waals surface area contributed by atoms with Crippen LogP contribution in [0, 0.1) is 0 Å². The molecule has 150 valence electrons. The third-order valence-electron chi connectivity index (χ3n) is 4.76. The first-order valence-corrected chi connectivity index (χ1v) is 9.19. The lowest BCUT2D eigenvalue weighted by molar-refractivity contribution is -0.131. The minimum Gasteiger partial charge on any atom is -0.478 e. The van der Waals surface area contributed by atoms with E-state index in [-0.39, 0.29) is 17.7 Å². The summed E-state index contributed by atoms with van der Waals surface area (Å²) in [4.78, 5) is 43.6. The molecule has 2 aromatic carbocycles. The second-order valence-corrected chi connectivity index (χ2v) is 6.80. The summed E-state index contributed by atoms with van der Waals surface area (Å²) in [5, 5.41) is 8.73. The number of H-pyrrole nitrogens is 1. The molecule has 0 radical (unpaired) electrons. The molecule has 2 aromatic heterocycles. The summed E-state index contributed by atoms with van der Waals surface area (Å²) in [6.07, 6.45) is 2.54. The molecule has 30 heavy (non-hydrogen) atoms. The number of carboxylic acid groups (broad SMARTS) is 1. The Hall–Kier alpha value is -4.20. The van der Waals surface area contributed by atoms with Gasteiger partial charge in [0.05, 0.1) is 6.54 Å². The van der Waals surface area contributed by atoms with Gasteiger partial charge in [-0.2, -0.15) is 0 Å². The van der Waals surface area contributed by atoms with Gasteiger partial charge in [0.1, 0.15) is 11.3 Å². The van der Waals surface area contributed by atoms with E-state index in [4.69, 9.17) is 5.11 Å². The van der Waals surface area contributed by atoms with Gasteiger partial charge in [-0.25, -0.2) is 14.6 Å². The summed E-state index contributed by atoms with van der Waals surface area (Å²) >= 11 is 0. The third kappa shape index (κ3) is 3.58. The van der Waals surface area contributed by atoms with Gasteiger partial charge in [0.15, 0.2) is 5.65 Å². The van der Waals surface area contributed by atoms with E-state index in [1.807, 2.05) is 30.3 Å². The van der Waals surface area contributed by atoms with Gasteiger partial charge in [0.2, 0.25) is 0 Å². The molecule has 8 heteroatoms. The summed E-state index contributed by atoms with van der Waals surface area (Å²) < 4.78 is 2.53. The Labute approximate surface area is 170 Å². The highest BCUT2D eigenvalue weighted by atomic mass is 16.4. The average molecular weight is 402 g/mol. The van der Waals surface area contributed by atoms with Crippen LogP contribution in [0.5, 0.6) is 0 Å². The van der Waals surface area contributed by atoms with Crippen molar-refractivity contribution < 1.29 is 9.90 Å². The number of imidazole rings is 1. The van der Waals surface area contributed by atoms with Crippen LogP contribution >= 0.6 is 0 Å². The van der Waals surface area contributed by atoms with E-state index in [9.17, 15) is 14.4 Å². The molecule has 0 aliphatic carbocycles. The molecule has 0 aliphatic rings. The first kappa shape index (κ1) is 19.1. The van der Waals surface area contributed by atoms with Crippen molar-refractivity contribution in [3.63, 3.8) is 0 Å². The number of hydrogen-bond donors (Lipinski definition) is 2. The fraction of sp³-hybridized carbons (Fsp3) is 0.0909. The van der Waals surface area contributed by atoms with E-state index >= 15 is 0 Å². The smallest absolute Gasteiger partial charge is 0.332 e. The van der Waals surface area contributed by atoms with Crippen LogP contribution in [0.2, 0.25) is 0 Å². The third-order valence-corrected chi connectivity index (χ3v) is 4.76. The fourth-order valence-corrected chi connectivity index (χ4v) is 3.20. The number of aliphatic carboxylic acids is 1. The van der Waals surface area contributed by atoms with Crippen LogP contribution in [0.1, 0.15) is 11.1 Å². The normalized spacial score (nSPS) is 11.4. The second-order valence-electron chi connectivity index (χ2n) is 6.80. The molecule has 0 amide bonds. The van der Waals surface area contributed by atoms with Crippen LogP contribution < -0.4 is 11.2 Å². The maximum Gasteiger partial charge on any atom is 0.332 e. The molecule has 0 spiro atoms. The van der Waals surface area contributed by atoms with Crippen molar-refractivity contribution in [3.8, 4) is 11.4 Å². The molecular formula is C22H18N4O4. The summed E-state index contributed by atoms with van der Waals surface area (Å²) in [6.45, 7) is 0.285. The minimum absolute atomic E-state index is 0.248. The molecule has 0 saturated carbocycles. The fourth-order valence-electron chi connectivity index (χ4n) is 3.20. The Morgan fingerprint density at radius 1 is 1.10 bits per heavy atom. The number of nitrogens with zero attached hydrogens (tertiary/aromatic N) is 3. The van der Waals surface area contributed by atoms with Gasteiger partial charge in [-0.3, -0.25) is 13.9 Å². The molecule has 0 bridgehead atoms. The van der Waals surface area contributed by atoms with Crippen molar-refractivity contribution in [2.24, 2.45) is 7.05 Å². The highest BCUT2D eigenvalue weighted by molar-refractivity contribution is 5.85. The quantitative estimate of drug-likeness (QED) is 0.498. The van der Waals surface area contributed by atoms with Gasteiger partial charge in [-0.05, 0) is 17.2 Å². The average Bonchev–Trinajstić information content (AvgIpc) is 3.20. The standard InChI is InChI=1S/C22H18N4O4/c1-25-21(29)18-20(26(22(25)30)13-15-5-3-2-4-6-15)24-19(23-18)16-10-7-14(8-11-16)9-12-17(27)28/h2-12H,13H2,1H3,(H,23,24)(H,27,28)/b12-9+. The number of benzene rings is 2. The van der Waals surface area contributed by atoms with Crippen molar-refractivity contribution in [1.29, 1.82) is 0 Å². The van der Waals surface area contributed by atoms with E-state index in [0.717, 1.165) is 16.2 Å². The van der Waals surface area contributed by atoms with Crippen molar-refractivity contribution in [2.75, 3.05) is 0 Å². The predicted molar refractivity (Wildman–Crippen MR) is 113 cm³/mol. The number of nitrogens with one attached hydrogen (secondary N) is 1. The van der Waals surface area contributed by atoms with Gasteiger partial charge in [0.25, 0.3) is 5.56 Å². The summed E-state index contributed by atoms with van der Waals surface area (Å²) in [6, 6.07) is 16.5. The van der Waals surface area contributed by atoms with Crippen molar-refractivity contribution in [2.45, 2.75) is 6.54 Å². The van der Waals surface area contributed by atoms with Crippen LogP contribution in [-0.2, 0) is 18.4 Å². The number of fused-ring (bicyclic) bond motifs is 1. The van der Waals surface area contributed by atoms with Crippen LogP contribution in [0.4, 0.5) is 0 Å². The van der Waals surface area contributed by atoms with Gasteiger partial charge >= 0.3 is 11.7 Å². The first-order valence-electron chi connectivity index (χ1n) is 9.19. The van der Waals surface area contributed by atoms with Gasteiger partial charge in [0, 0.05) is 18.7 Å². The number of carboxylic acids is 1. The lowest BCUT2D eigenvalue weighted by Gasteiger charge is -2.08. The highest BCUT2D eigenvalue weighted by Gasteiger charge is 2.16. The first-order chi connectivity index (χ1) is 14.4. The lowest BCUT2D eigenvalue weighted by atomic mass is 10.1. The lowest BCUT2D eigenvalue weighted by Crippen LogP contribution is -2.38. The number of aromatic amines is 1. The van der Waals surface area contributed by atoms with Gasteiger partial charge in [-0.1, -0.05) is 54.6 Å². The van der Waals surface area contributed by atoms with E-state index in [1.165, 1.54) is 17.7 Å². The Morgan fingerprint density at radius 3 is 2.47 bits per heavy atom. The molecule has 2 N–H and O–H groups in total. The Kier molecular flexibility index (Phi) is 4.89. The molecule has 4 aromatic rings. The zero-order chi connectivity index (χ0) is 21.3. The Balaban J connectivity index is 1.81. The maximum atomic E-state index is 12.7. The summed E-state index contributed by atoms with van der Waals surface area (Å²) in [5.41, 5.74) is 1.99. The Bertz CT molecular complexity index is 1380. The molecular weight excluding hydrogens is 384 g/mol. The number of aromatic nitrogens is 4. The number of carbonyl (C=O) groups is 1. The summed E-state index contributed by atoms with van der Waals surface area (Å²) in [7, 11) is 1.44. The zero-order valence-electron chi connectivity index (χ0n) is 16.1. The van der Waals surface area contributed by atoms with Gasteiger partial charge < -0.3 is 10.1 Å². The van der Waals surface area contributed by atoms with Crippen molar-refractivity contribution in [1.82, 2.24) is 19.1 Å². The SMILES string of the molecule is Cn1c(=O)c2[nH]c(-c3ccc(/C=C/C(=O)O)cc3)nc2n(Cc2ccccc2)c1=O. The summed E-state index contributed by atoms with van der Waals surface area (Å²) in [5.74, 6) is -0.577. The molecule has 0 atom stereocenters. The molecule has 8 nitrogen and oxygen atoms in total. The molecule has 0 unspecified atom stereocenters. The van der Waals surface area contributed by atoms with Crippen LogP contribution in [0.25, 0.3) is 28.6 Å². The van der Waals surface area contributed by atoms with Crippen molar-refractivity contribution in [3.05, 3.63) is 92.6 Å². The topological polar surface area (TPSA) is 110 Å². The van der Waals surface area contributed by atoms with Crippen LogP contribution in [0.3, 0.4) is 0 Å². The number of rotatable bonds is 5. The van der Waals surface area contributed by atoms with E-state index in [0.29, 0.717) is 17.0 Å². The zero-order valence-corrected chi connectivity index (χ0v) is 16.1. The predicted octanol–water partition coefficient (Wildman–Crippen LogP) is 2.24. The molecule has 4 rings (SSSR count). The van der Waals surface area contributed by atoms with E-state index in [1.54, 1.807) is 24.3 Å². The largest absolute Gasteiger partial charge is 0.478 e. The van der Waals surface area contributed by atoms with Crippen molar-refractivity contribution >= 4 is 23.2 Å². The van der Waals surface area contributed by atoms with Crippen LogP contribution in [0.15, 0.2) is 70.3 Å². The monoisotopic (exact) mass is 402 g/mol.